The van der Waals surface area contributed by atoms with Crippen molar-refractivity contribution in [3.8, 4) is 0 Å². The van der Waals surface area contributed by atoms with Gasteiger partial charge in [-0.3, -0.25) is 4.68 Å². The second-order valence-electron chi connectivity index (χ2n) is 7.86. The number of nitrogens with one attached hydrogen (secondary N) is 1. The lowest BCUT2D eigenvalue weighted by atomic mass is 9.99. The lowest BCUT2D eigenvalue weighted by Gasteiger charge is -2.39. The lowest BCUT2D eigenvalue weighted by molar-refractivity contribution is 0.116. The highest BCUT2D eigenvalue weighted by Gasteiger charge is 2.33. The van der Waals surface area contributed by atoms with E-state index in [4.69, 9.17) is 0 Å². The zero-order chi connectivity index (χ0) is 18.8. The number of likely N-dealkylation sites (tertiary alicyclic amines) is 2. The number of hydrogen-bond donors (Lipinski definition) is 1. The van der Waals surface area contributed by atoms with Gasteiger partial charge < -0.3 is 15.1 Å². The predicted octanol–water partition coefficient (Wildman–Crippen LogP) is 2.56. The number of hydrogen-bond acceptors (Lipinski definition) is 3. The second kappa shape index (κ2) is 7.72. The van der Waals surface area contributed by atoms with E-state index in [-0.39, 0.29) is 6.03 Å². The van der Waals surface area contributed by atoms with Crippen LogP contribution >= 0.6 is 0 Å². The topological polar surface area (TPSA) is 53.4 Å². The van der Waals surface area contributed by atoms with Gasteiger partial charge in [0.2, 0.25) is 0 Å². The third kappa shape index (κ3) is 4.00. The number of carbonyl (C=O) groups is 1. The van der Waals surface area contributed by atoms with Gasteiger partial charge in [-0.15, -0.1) is 0 Å². The molecule has 144 valence electrons. The molecule has 0 saturated carbocycles. The predicted molar refractivity (Wildman–Crippen MR) is 106 cm³/mol. The third-order valence-corrected chi connectivity index (χ3v) is 5.79. The molecule has 1 aromatic heterocycles. The Bertz CT molecular complexity index is 781. The molecule has 1 unspecified atom stereocenters. The van der Waals surface area contributed by atoms with Crippen molar-refractivity contribution in [2.24, 2.45) is 0 Å². The van der Waals surface area contributed by atoms with Crippen LogP contribution in [0, 0.1) is 13.8 Å². The Labute approximate surface area is 161 Å². The van der Waals surface area contributed by atoms with Crippen LogP contribution in [0.5, 0.6) is 0 Å². The molecule has 6 heteroatoms. The Hall–Kier alpha value is -2.34. The Morgan fingerprint density at radius 1 is 1.19 bits per heavy atom. The summed E-state index contributed by atoms with van der Waals surface area (Å²) < 4.78 is 2.05. The van der Waals surface area contributed by atoms with Crippen LogP contribution in [0.3, 0.4) is 0 Å². The van der Waals surface area contributed by atoms with Crippen molar-refractivity contribution < 1.29 is 4.79 Å². The molecule has 3 heterocycles. The lowest BCUT2D eigenvalue weighted by Crippen LogP contribution is -2.55. The number of aromatic nitrogens is 2. The maximum atomic E-state index is 12.3. The molecule has 0 aliphatic carbocycles. The first-order valence-electron chi connectivity index (χ1n) is 9.93. The van der Waals surface area contributed by atoms with Crippen LogP contribution in [-0.4, -0.2) is 64.9 Å². The van der Waals surface area contributed by atoms with Gasteiger partial charge in [0, 0.05) is 38.4 Å². The highest BCUT2D eigenvalue weighted by Crippen LogP contribution is 2.26. The Balaban J connectivity index is 1.16. The molecule has 0 spiro atoms. The molecule has 1 atom stereocenters. The van der Waals surface area contributed by atoms with E-state index in [1.165, 1.54) is 17.7 Å². The number of urea groups is 1. The Kier molecular flexibility index (Phi) is 5.16. The van der Waals surface area contributed by atoms with Gasteiger partial charge in [0.25, 0.3) is 0 Å². The number of amides is 2. The van der Waals surface area contributed by atoms with Crippen molar-refractivity contribution in [3.63, 3.8) is 0 Å². The van der Waals surface area contributed by atoms with E-state index in [2.05, 4.69) is 58.6 Å². The first kappa shape index (κ1) is 18.0. The minimum absolute atomic E-state index is 0.0478. The van der Waals surface area contributed by atoms with Crippen molar-refractivity contribution in [3.05, 3.63) is 53.3 Å². The summed E-state index contributed by atoms with van der Waals surface area (Å²) in [6.45, 7) is 9.39. The van der Waals surface area contributed by atoms with Gasteiger partial charge >= 0.3 is 6.03 Å². The van der Waals surface area contributed by atoms with Gasteiger partial charge in [-0.1, -0.05) is 30.3 Å². The summed E-state index contributed by atoms with van der Waals surface area (Å²) in [4.78, 5) is 16.6. The van der Waals surface area contributed by atoms with Crippen LogP contribution < -0.4 is 5.32 Å². The molecule has 2 saturated heterocycles. The fraction of sp³-hybridized carbons (Fsp3) is 0.524. The standard InChI is InChI=1S/C21H29N5O/c1-16-12-17(2)26(23-16)20-14-25(15-20)21(27)22-9-11-24-10-8-19(13-24)18-6-4-3-5-7-18/h3-7,12,19-20H,8-11,13-15H2,1-2H3,(H,22,27). The summed E-state index contributed by atoms with van der Waals surface area (Å²) >= 11 is 0. The Morgan fingerprint density at radius 2 is 1.96 bits per heavy atom. The molecular formula is C21H29N5O. The molecule has 0 bridgehead atoms. The third-order valence-electron chi connectivity index (χ3n) is 5.79. The fourth-order valence-electron chi connectivity index (χ4n) is 4.26. The molecule has 2 amide bonds. The minimum atomic E-state index is 0.0478. The number of nitrogens with zero attached hydrogens (tertiary/aromatic N) is 4. The molecule has 2 aliphatic heterocycles. The normalized spacial score (nSPS) is 20.7. The maximum absolute atomic E-state index is 12.3. The minimum Gasteiger partial charge on any atom is -0.337 e. The van der Waals surface area contributed by atoms with E-state index in [1.807, 2.05) is 16.5 Å². The average molecular weight is 367 g/mol. The summed E-state index contributed by atoms with van der Waals surface area (Å²) in [6.07, 6.45) is 1.20. The van der Waals surface area contributed by atoms with Crippen molar-refractivity contribution in [1.29, 1.82) is 0 Å². The molecule has 27 heavy (non-hydrogen) atoms. The van der Waals surface area contributed by atoms with Gasteiger partial charge in [-0.25, -0.2) is 4.79 Å². The number of benzene rings is 1. The number of carbonyl (C=O) groups excluding carboxylic acids is 1. The van der Waals surface area contributed by atoms with E-state index >= 15 is 0 Å². The summed E-state index contributed by atoms with van der Waals surface area (Å²) in [7, 11) is 0. The smallest absolute Gasteiger partial charge is 0.317 e. The van der Waals surface area contributed by atoms with Crippen molar-refractivity contribution in [2.45, 2.75) is 32.2 Å². The summed E-state index contributed by atoms with van der Waals surface area (Å²) in [5, 5.41) is 7.60. The molecule has 2 aromatic rings. The van der Waals surface area contributed by atoms with E-state index in [9.17, 15) is 4.79 Å². The molecule has 1 N–H and O–H groups in total. The molecular weight excluding hydrogens is 338 g/mol. The fourth-order valence-corrected chi connectivity index (χ4v) is 4.26. The summed E-state index contributed by atoms with van der Waals surface area (Å²) in [5.74, 6) is 0.624. The van der Waals surface area contributed by atoms with Crippen molar-refractivity contribution in [1.82, 2.24) is 24.9 Å². The average Bonchev–Trinajstić information content (AvgIpc) is 3.21. The van der Waals surface area contributed by atoms with Crippen molar-refractivity contribution in [2.75, 3.05) is 39.3 Å². The van der Waals surface area contributed by atoms with Gasteiger partial charge in [0.15, 0.2) is 0 Å². The van der Waals surface area contributed by atoms with Gasteiger partial charge in [-0.2, -0.15) is 5.10 Å². The molecule has 2 fully saturated rings. The zero-order valence-corrected chi connectivity index (χ0v) is 16.3. The van der Waals surface area contributed by atoms with Crippen LogP contribution in [0.4, 0.5) is 4.79 Å². The molecule has 2 aliphatic rings. The maximum Gasteiger partial charge on any atom is 0.317 e. The van der Waals surface area contributed by atoms with Crippen molar-refractivity contribution >= 4 is 6.03 Å². The number of rotatable bonds is 5. The quantitative estimate of drug-likeness (QED) is 0.884. The summed E-state index contributed by atoms with van der Waals surface area (Å²) in [6, 6.07) is 13.2. The molecule has 0 radical (unpaired) electrons. The van der Waals surface area contributed by atoms with Crippen LogP contribution in [0.2, 0.25) is 0 Å². The molecule has 4 rings (SSSR count). The van der Waals surface area contributed by atoms with Gasteiger partial charge in [0.05, 0.1) is 11.7 Å². The van der Waals surface area contributed by atoms with Crippen LogP contribution in [0.15, 0.2) is 36.4 Å². The zero-order valence-electron chi connectivity index (χ0n) is 16.3. The van der Waals surface area contributed by atoms with Crippen LogP contribution in [0.25, 0.3) is 0 Å². The monoisotopic (exact) mass is 367 g/mol. The highest BCUT2D eigenvalue weighted by atomic mass is 16.2. The largest absolute Gasteiger partial charge is 0.337 e. The van der Waals surface area contributed by atoms with Crippen LogP contribution in [-0.2, 0) is 0 Å². The first-order chi connectivity index (χ1) is 13.1. The number of aryl methyl sites for hydroxylation is 2. The van der Waals surface area contributed by atoms with E-state index in [1.54, 1.807) is 0 Å². The molecule has 1 aromatic carbocycles. The first-order valence-corrected chi connectivity index (χ1v) is 9.93. The highest BCUT2D eigenvalue weighted by molar-refractivity contribution is 5.75. The molecule has 6 nitrogen and oxygen atoms in total. The Morgan fingerprint density at radius 3 is 2.67 bits per heavy atom. The SMILES string of the molecule is Cc1cc(C)n(C2CN(C(=O)NCCN3CCC(c4ccccc4)C3)C2)n1. The van der Waals surface area contributed by atoms with E-state index < -0.39 is 0 Å². The van der Waals surface area contributed by atoms with Gasteiger partial charge in [0.1, 0.15) is 0 Å². The van der Waals surface area contributed by atoms with Crippen LogP contribution in [0.1, 0.15) is 35.3 Å². The summed E-state index contributed by atoms with van der Waals surface area (Å²) in [5.41, 5.74) is 3.63. The van der Waals surface area contributed by atoms with E-state index in [0.717, 1.165) is 38.4 Å². The van der Waals surface area contributed by atoms with Gasteiger partial charge in [-0.05, 0) is 44.4 Å². The van der Waals surface area contributed by atoms with E-state index in [0.29, 0.717) is 18.5 Å². The second-order valence-corrected chi connectivity index (χ2v) is 7.86.